The third-order valence-electron chi connectivity index (χ3n) is 7.64. The summed E-state index contributed by atoms with van der Waals surface area (Å²) in [5.74, 6) is 1.99. The van der Waals surface area contributed by atoms with Gasteiger partial charge in [0.25, 0.3) is 0 Å². The maximum absolute atomic E-state index is 12.5. The van der Waals surface area contributed by atoms with Gasteiger partial charge in [-0.2, -0.15) is 9.97 Å². The van der Waals surface area contributed by atoms with Gasteiger partial charge in [0.2, 0.25) is 0 Å². The van der Waals surface area contributed by atoms with E-state index in [0.717, 1.165) is 37.5 Å². The smallest absolute Gasteiger partial charge is 0.327 e. The number of hydrogen-bond donors (Lipinski definition) is 2. The Morgan fingerprint density at radius 1 is 1.00 bits per heavy atom. The minimum atomic E-state index is -0.172. The van der Waals surface area contributed by atoms with Gasteiger partial charge >= 0.3 is 11.7 Å². The monoisotopic (exact) mass is 458 g/mol. The average molecular weight is 459 g/mol. The Morgan fingerprint density at radius 3 is 2.52 bits per heavy atom. The number of fused-ring (bicyclic) bond motifs is 1. The molecule has 0 aromatic carbocycles. The highest BCUT2D eigenvalue weighted by Crippen LogP contribution is 2.28. The predicted molar refractivity (Wildman–Crippen MR) is 133 cm³/mol. The van der Waals surface area contributed by atoms with Crippen molar-refractivity contribution in [2.75, 3.05) is 32.0 Å². The molecule has 0 spiro atoms. The van der Waals surface area contributed by atoms with Crippen LogP contribution in [0.3, 0.4) is 0 Å². The van der Waals surface area contributed by atoms with Gasteiger partial charge in [-0.1, -0.05) is 45.4 Å². The van der Waals surface area contributed by atoms with Gasteiger partial charge in [-0.05, 0) is 70.0 Å². The Balaban J connectivity index is 1.24. The van der Waals surface area contributed by atoms with Crippen LogP contribution in [0.1, 0.15) is 84.0 Å². The number of aryl methyl sites for hydroxylation is 1. The zero-order valence-corrected chi connectivity index (χ0v) is 20.4. The SMILES string of the molecule is CCCCOc1nc(N)c2[nH]c(=O)n(CCCC3CCN(CCC4CCCCC4)CC3)c2n1. The molecule has 0 radical (unpaired) electrons. The number of aromatic amines is 1. The normalized spacial score (nSPS) is 18.8. The van der Waals surface area contributed by atoms with Crippen molar-refractivity contribution >= 4 is 17.0 Å². The largest absolute Gasteiger partial charge is 0.463 e. The van der Waals surface area contributed by atoms with Crippen LogP contribution in [-0.4, -0.2) is 50.7 Å². The second-order valence-corrected chi connectivity index (χ2v) is 10.1. The zero-order valence-electron chi connectivity index (χ0n) is 20.4. The van der Waals surface area contributed by atoms with Crippen LogP contribution in [0.2, 0.25) is 0 Å². The van der Waals surface area contributed by atoms with Gasteiger partial charge in [0.15, 0.2) is 11.5 Å². The third kappa shape index (κ3) is 6.49. The summed E-state index contributed by atoms with van der Waals surface area (Å²) in [4.78, 5) is 26.7. The topological polar surface area (TPSA) is 102 Å². The molecule has 8 heteroatoms. The molecular weight excluding hydrogens is 416 g/mol. The number of likely N-dealkylation sites (tertiary alicyclic amines) is 1. The number of anilines is 1. The number of H-pyrrole nitrogens is 1. The van der Waals surface area contributed by atoms with E-state index in [1.807, 2.05) is 0 Å². The molecule has 1 saturated carbocycles. The Kier molecular flexibility index (Phi) is 8.64. The van der Waals surface area contributed by atoms with Crippen LogP contribution in [0.25, 0.3) is 11.2 Å². The highest BCUT2D eigenvalue weighted by Gasteiger charge is 2.21. The standard InChI is InChI=1S/C25H42N6O2/c1-2-3-18-33-24-28-22(26)21-23(29-24)31(25(32)27-21)14-7-10-20-12-16-30(17-13-20)15-11-19-8-5-4-6-9-19/h19-20H,2-18H2,1H3,(H,27,32)(H2,26,28,29). The number of nitrogens with zero attached hydrogens (tertiary/aromatic N) is 4. The van der Waals surface area contributed by atoms with Crippen LogP contribution >= 0.6 is 0 Å². The molecule has 1 aliphatic carbocycles. The first-order valence-electron chi connectivity index (χ1n) is 13.2. The fourth-order valence-corrected chi connectivity index (χ4v) is 5.49. The lowest BCUT2D eigenvalue weighted by Gasteiger charge is -2.33. The van der Waals surface area contributed by atoms with E-state index in [4.69, 9.17) is 10.5 Å². The van der Waals surface area contributed by atoms with E-state index in [1.54, 1.807) is 4.57 Å². The van der Waals surface area contributed by atoms with Crippen LogP contribution < -0.4 is 16.2 Å². The first-order valence-corrected chi connectivity index (χ1v) is 13.2. The van der Waals surface area contributed by atoms with Crippen molar-refractivity contribution in [2.24, 2.45) is 11.8 Å². The molecule has 184 valence electrons. The van der Waals surface area contributed by atoms with E-state index < -0.39 is 0 Å². The molecule has 4 rings (SSSR count). The first kappa shape index (κ1) is 24.0. The Hall–Kier alpha value is -2.09. The molecule has 33 heavy (non-hydrogen) atoms. The van der Waals surface area contributed by atoms with E-state index in [9.17, 15) is 4.79 Å². The van der Waals surface area contributed by atoms with E-state index in [-0.39, 0.29) is 17.5 Å². The summed E-state index contributed by atoms with van der Waals surface area (Å²) in [6.07, 6.45) is 15.3. The van der Waals surface area contributed by atoms with Gasteiger partial charge in [0, 0.05) is 6.54 Å². The maximum Gasteiger partial charge on any atom is 0.327 e. The first-order chi connectivity index (χ1) is 16.1. The quantitative estimate of drug-likeness (QED) is 0.486. The summed E-state index contributed by atoms with van der Waals surface area (Å²) in [6.45, 7) is 7.04. The van der Waals surface area contributed by atoms with Crippen molar-refractivity contribution < 1.29 is 4.74 Å². The van der Waals surface area contributed by atoms with Gasteiger partial charge in [0.1, 0.15) is 5.52 Å². The summed E-state index contributed by atoms with van der Waals surface area (Å²) in [5, 5.41) is 0. The van der Waals surface area contributed by atoms with Crippen LogP contribution in [0, 0.1) is 11.8 Å². The lowest BCUT2D eigenvalue weighted by Crippen LogP contribution is -2.35. The molecule has 0 unspecified atom stereocenters. The Labute approximate surface area is 197 Å². The van der Waals surface area contributed by atoms with Gasteiger partial charge in [-0.25, -0.2) is 4.79 Å². The minimum Gasteiger partial charge on any atom is -0.463 e. The second-order valence-electron chi connectivity index (χ2n) is 10.1. The Morgan fingerprint density at radius 2 is 1.76 bits per heavy atom. The second kappa shape index (κ2) is 11.9. The van der Waals surface area contributed by atoms with Crippen molar-refractivity contribution in [1.29, 1.82) is 0 Å². The van der Waals surface area contributed by atoms with E-state index in [2.05, 4.69) is 26.8 Å². The minimum absolute atomic E-state index is 0.172. The number of unbranched alkanes of at least 4 members (excludes halogenated alkanes) is 1. The average Bonchev–Trinajstić information content (AvgIpc) is 3.15. The Bertz CT molecular complexity index is 925. The molecule has 1 aliphatic heterocycles. The van der Waals surface area contributed by atoms with Crippen molar-refractivity contribution in [3.05, 3.63) is 10.5 Å². The molecule has 2 aromatic rings. The maximum atomic E-state index is 12.5. The number of imidazole rings is 1. The molecule has 1 saturated heterocycles. The number of nitrogens with two attached hydrogens (primary N) is 1. The van der Waals surface area contributed by atoms with E-state index in [1.165, 1.54) is 71.0 Å². The fraction of sp³-hybridized carbons (Fsp3) is 0.800. The van der Waals surface area contributed by atoms with Crippen LogP contribution in [-0.2, 0) is 6.54 Å². The predicted octanol–water partition coefficient (Wildman–Crippen LogP) is 4.34. The van der Waals surface area contributed by atoms with Crippen molar-refractivity contribution in [2.45, 2.75) is 90.5 Å². The number of rotatable bonds is 11. The highest BCUT2D eigenvalue weighted by molar-refractivity contribution is 5.81. The van der Waals surface area contributed by atoms with Crippen molar-refractivity contribution in [1.82, 2.24) is 24.4 Å². The fourth-order valence-electron chi connectivity index (χ4n) is 5.49. The van der Waals surface area contributed by atoms with Crippen molar-refractivity contribution in [3.63, 3.8) is 0 Å². The van der Waals surface area contributed by atoms with Gasteiger partial charge in [-0.15, -0.1) is 0 Å². The highest BCUT2D eigenvalue weighted by atomic mass is 16.5. The third-order valence-corrected chi connectivity index (χ3v) is 7.64. The number of hydrogen-bond acceptors (Lipinski definition) is 6. The number of piperidine rings is 1. The molecule has 0 atom stereocenters. The molecule has 3 heterocycles. The van der Waals surface area contributed by atoms with Gasteiger partial charge in [-0.3, -0.25) is 4.57 Å². The molecule has 3 N–H and O–H groups in total. The lowest BCUT2D eigenvalue weighted by atomic mass is 9.86. The molecule has 0 bridgehead atoms. The molecule has 8 nitrogen and oxygen atoms in total. The van der Waals surface area contributed by atoms with Crippen LogP contribution in [0.5, 0.6) is 6.01 Å². The molecule has 2 fully saturated rings. The molecule has 0 amide bonds. The molecular formula is C25H42N6O2. The van der Waals surface area contributed by atoms with E-state index in [0.29, 0.717) is 24.3 Å². The van der Waals surface area contributed by atoms with Gasteiger partial charge < -0.3 is 20.4 Å². The number of ether oxygens (including phenoxy) is 1. The summed E-state index contributed by atoms with van der Waals surface area (Å²) < 4.78 is 7.33. The van der Waals surface area contributed by atoms with Gasteiger partial charge in [0.05, 0.1) is 6.61 Å². The number of nitrogen functional groups attached to an aromatic ring is 1. The number of aromatic nitrogens is 4. The summed E-state index contributed by atoms with van der Waals surface area (Å²) in [5.41, 5.74) is 6.94. The lowest BCUT2D eigenvalue weighted by molar-refractivity contribution is 0.161. The summed E-state index contributed by atoms with van der Waals surface area (Å²) in [7, 11) is 0. The van der Waals surface area contributed by atoms with Crippen molar-refractivity contribution in [3.8, 4) is 6.01 Å². The summed E-state index contributed by atoms with van der Waals surface area (Å²) >= 11 is 0. The van der Waals surface area contributed by atoms with Crippen LogP contribution in [0.15, 0.2) is 4.79 Å². The molecule has 2 aromatic heterocycles. The summed E-state index contributed by atoms with van der Waals surface area (Å²) in [6, 6.07) is 0.252. The van der Waals surface area contributed by atoms with E-state index >= 15 is 0 Å². The zero-order chi connectivity index (χ0) is 23.0. The van der Waals surface area contributed by atoms with Crippen LogP contribution in [0.4, 0.5) is 5.82 Å². The number of nitrogens with one attached hydrogen (secondary N) is 1. The molecule has 2 aliphatic rings.